The zero-order valence-electron chi connectivity index (χ0n) is 12.6. The molecule has 2 rings (SSSR count). The molecule has 2 heteroatoms. The van der Waals surface area contributed by atoms with Gasteiger partial charge in [-0.2, -0.15) is 0 Å². The monoisotopic (exact) mass is 260 g/mol. The number of hydrogen-bond acceptors (Lipinski definition) is 2. The molecule has 1 fully saturated rings. The second-order valence-electron chi connectivity index (χ2n) is 6.22. The van der Waals surface area contributed by atoms with Gasteiger partial charge in [0.15, 0.2) is 0 Å². The molecule has 1 aromatic rings. The van der Waals surface area contributed by atoms with Gasteiger partial charge < -0.3 is 5.32 Å². The molecule has 2 nitrogen and oxygen atoms in total. The molecule has 2 atom stereocenters. The summed E-state index contributed by atoms with van der Waals surface area (Å²) in [6.45, 7) is 10.5. The summed E-state index contributed by atoms with van der Waals surface area (Å²) in [5, 5.41) is 3.71. The molecule has 0 spiro atoms. The van der Waals surface area contributed by atoms with Gasteiger partial charge in [-0.05, 0) is 37.8 Å². The van der Waals surface area contributed by atoms with Crippen LogP contribution in [0.1, 0.15) is 45.2 Å². The minimum absolute atomic E-state index is 0.524. The Labute approximate surface area is 118 Å². The van der Waals surface area contributed by atoms with E-state index in [1.165, 1.54) is 31.5 Å². The number of nitrogens with one attached hydrogen (secondary N) is 1. The van der Waals surface area contributed by atoms with Gasteiger partial charge >= 0.3 is 0 Å². The molecule has 1 saturated heterocycles. The average molecular weight is 260 g/mol. The highest BCUT2D eigenvalue weighted by atomic mass is 15.2. The van der Waals surface area contributed by atoms with Gasteiger partial charge in [0.1, 0.15) is 0 Å². The van der Waals surface area contributed by atoms with Crippen molar-refractivity contribution in [1.29, 1.82) is 0 Å². The van der Waals surface area contributed by atoms with Gasteiger partial charge in [0.25, 0.3) is 0 Å². The van der Waals surface area contributed by atoms with Crippen LogP contribution in [0.4, 0.5) is 0 Å². The summed E-state index contributed by atoms with van der Waals surface area (Å²) in [6, 6.07) is 12.1. The fourth-order valence-electron chi connectivity index (χ4n) is 3.05. The van der Waals surface area contributed by atoms with Crippen molar-refractivity contribution in [3.05, 3.63) is 35.9 Å². The van der Waals surface area contributed by atoms with Crippen LogP contribution < -0.4 is 5.32 Å². The van der Waals surface area contributed by atoms with E-state index in [-0.39, 0.29) is 0 Å². The Balaban J connectivity index is 2.01. The predicted octanol–water partition coefficient (Wildman–Crippen LogP) is 3.46. The quantitative estimate of drug-likeness (QED) is 0.892. The maximum Gasteiger partial charge on any atom is 0.0320 e. The summed E-state index contributed by atoms with van der Waals surface area (Å²) in [5.74, 6) is 0.768. The molecule has 0 saturated carbocycles. The van der Waals surface area contributed by atoms with Gasteiger partial charge in [0.05, 0.1) is 0 Å². The summed E-state index contributed by atoms with van der Waals surface area (Å²) >= 11 is 0. The van der Waals surface area contributed by atoms with Gasteiger partial charge in [0.2, 0.25) is 0 Å². The summed E-state index contributed by atoms with van der Waals surface area (Å²) in [4.78, 5) is 2.64. The summed E-state index contributed by atoms with van der Waals surface area (Å²) in [5.41, 5.74) is 1.44. The first-order valence-electron chi connectivity index (χ1n) is 7.69. The average Bonchev–Trinajstić information content (AvgIpc) is 2.64. The van der Waals surface area contributed by atoms with E-state index in [4.69, 9.17) is 0 Å². The van der Waals surface area contributed by atoms with Gasteiger partial charge in [-0.15, -0.1) is 0 Å². The molecule has 1 heterocycles. The van der Waals surface area contributed by atoms with Crippen LogP contribution in [0.5, 0.6) is 0 Å². The van der Waals surface area contributed by atoms with E-state index < -0.39 is 0 Å². The summed E-state index contributed by atoms with van der Waals surface area (Å²) in [6.07, 6.45) is 2.53. The highest BCUT2D eigenvalue weighted by Gasteiger charge is 2.22. The van der Waals surface area contributed by atoms with E-state index in [9.17, 15) is 0 Å². The maximum absolute atomic E-state index is 3.71. The Kier molecular flexibility index (Phi) is 5.41. The van der Waals surface area contributed by atoms with Gasteiger partial charge in [-0.3, -0.25) is 4.90 Å². The second kappa shape index (κ2) is 7.06. The third-order valence-electron chi connectivity index (χ3n) is 4.10. The molecular formula is C17H28N2. The van der Waals surface area contributed by atoms with Crippen molar-refractivity contribution >= 4 is 0 Å². The normalized spacial score (nSPS) is 23.3. The summed E-state index contributed by atoms with van der Waals surface area (Å²) in [7, 11) is 0. The van der Waals surface area contributed by atoms with Crippen LogP contribution in [-0.4, -0.2) is 30.6 Å². The van der Waals surface area contributed by atoms with Gasteiger partial charge in [-0.1, -0.05) is 44.2 Å². The second-order valence-corrected chi connectivity index (χ2v) is 6.22. The Bertz CT molecular complexity index is 361. The number of nitrogens with zero attached hydrogens (tertiary/aromatic N) is 1. The van der Waals surface area contributed by atoms with E-state index in [2.05, 4.69) is 61.3 Å². The molecule has 1 aromatic carbocycles. The van der Waals surface area contributed by atoms with Crippen molar-refractivity contribution in [3.8, 4) is 0 Å². The van der Waals surface area contributed by atoms with E-state index >= 15 is 0 Å². The smallest absolute Gasteiger partial charge is 0.0320 e. The molecule has 1 N–H and O–H groups in total. The molecule has 0 aromatic heterocycles. The van der Waals surface area contributed by atoms with Crippen molar-refractivity contribution in [2.45, 2.75) is 45.7 Å². The van der Waals surface area contributed by atoms with Crippen molar-refractivity contribution in [3.63, 3.8) is 0 Å². The lowest BCUT2D eigenvalue weighted by atomic mass is 10.0. The molecular weight excluding hydrogens is 232 g/mol. The summed E-state index contributed by atoms with van der Waals surface area (Å²) < 4.78 is 0. The van der Waals surface area contributed by atoms with Crippen LogP contribution in [0.15, 0.2) is 30.3 Å². The van der Waals surface area contributed by atoms with Crippen LogP contribution in [0.2, 0.25) is 0 Å². The zero-order chi connectivity index (χ0) is 13.7. The number of rotatable bonds is 4. The molecule has 19 heavy (non-hydrogen) atoms. The lowest BCUT2D eigenvalue weighted by molar-refractivity contribution is 0.199. The molecule has 1 aliphatic rings. The largest absolute Gasteiger partial charge is 0.313 e. The van der Waals surface area contributed by atoms with E-state index in [1.54, 1.807) is 0 Å². The first kappa shape index (κ1) is 14.5. The lowest BCUT2D eigenvalue weighted by Crippen LogP contribution is -2.39. The fourth-order valence-corrected chi connectivity index (χ4v) is 3.05. The van der Waals surface area contributed by atoms with Crippen molar-refractivity contribution < 1.29 is 0 Å². The third kappa shape index (κ3) is 4.32. The standard InChI is InChI=1S/C17H28N2/c1-14(2)12-17-13-19(11-7-10-18-17)15(3)16-8-5-4-6-9-16/h4-6,8-9,14-15,17-18H,7,10-13H2,1-3H3. The first-order chi connectivity index (χ1) is 9.16. The topological polar surface area (TPSA) is 15.3 Å². The van der Waals surface area contributed by atoms with Crippen molar-refractivity contribution in [1.82, 2.24) is 10.2 Å². The minimum atomic E-state index is 0.524. The number of benzene rings is 1. The molecule has 106 valence electrons. The Morgan fingerprint density at radius 1 is 1.21 bits per heavy atom. The Hall–Kier alpha value is -0.860. The number of hydrogen-bond donors (Lipinski definition) is 1. The van der Waals surface area contributed by atoms with Gasteiger partial charge in [-0.25, -0.2) is 0 Å². The van der Waals surface area contributed by atoms with Crippen LogP contribution in [-0.2, 0) is 0 Å². The zero-order valence-corrected chi connectivity index (χ0v) is 12.6. The molecule has 0 aliphatic carbocycles. The molecule has 2 unspecified atom stereocenters. The van der Waals surface area contributed by atoms with Crippen molar-refractivity contribution in [2.75, 3.05) is 19.6 Å². The molecule has 0 radical (unpaired) electrons. The molecule has 0 amide bonds. The molecule has 1 aliphatic heterocycles. The first-order valence-corrected chi connectivity index (χ1v) is 7.69. The Morgan fingerprint density at radius 2 is 1.95 bits per heavy atom. The van der Waals surface area contributed by atoms with E-state index in [0.717, 1.165) is 12.5 Å². The van der Waals surface area contributed by atoms with E-state index in [1.807, 2.05) is 0 Å². The minimum Gasteiger partial charge on any atom is -0.313 e. The Morgan fingerprint density at radius 3 is 2.63 bits per heavy atom. The fraction of sp³-hybridized carbons (Fsp3) is 0.647. The lowest BCUT2D eigenvalue weighted by Gasteiger charge is -2.31. The molecule has 0 bridgehead atoms. The van der Waals surface area contributed by atoms with Crippen molar-refractivity contribution in [2.24, 2.45) is 5.92 Å². The third-order valence-corrected chi connectivity index (χ3v) is 4.10. The van der Waals surface area contributed by atoms with Crippen LogP contribution >= 0.6 is 0 Å². The van der Waals surface area contributed by atoms with Gasteiger partial charge in [0, 0.05) is 25.2 Å². The highest BCUT2D eigenvalue weighted by molar-refractivity contribution is 5.18. The van der Waals surface area contributed by atoms with E-state index in [0.29, 0.717) is 12.1 Å². The van der Waals surface area contributed by atoms with Crippen LogP contribution in [0, 0.1) is 5.92 Å². The predicted molar refractivity (Wildman–Crippen MR) is 82.3 cm³/mol. The maximum atomic E-state index is 3.71. The SMILES string of the molecule is CC(C)CC1CN(C(C)c2ccccc2)CCCN1. The van der Waals surface area contributed by atoms with Crippen LogP contribution in [0.3, 0.4) is 0 Å². The highest BCUT2D eigenvalue weighted by Crippen LogP contribution is 2.22. The van der Waals surface area contributed by atoms with Crippen LogP contribution in [0.25, 0.3) is 0 Å².